The van der Waals surface area contributed by atoms with Crippen molar-refractivity contribution in [1.82, 2.24) is 15.2 Å². The number of ether oxygens (including phenoxy) is 1. The molecule has 0 bridgehead atoms. The minimum Gasteiger partial charge on any atom is -0.448 e. The van der Waals surface area contributed by atoms with E-state index in [2.05, 4.69) is 15.5 Å². The largest absolute Gasteiger partial charge is 0.448 e. The van der Waals surface area contributed by atoms with Crippen LogP contribution in [0.2, 0.25) is 4.34 Å². The highest BCUT2D eigenvalue weighted by Gasteiger charge is 2.53. The number of β-lactam (4-membered cyclic amide) rings is 1. The van der Waals surface area contributed by atoms with Crippen LogP contribution >= 0.6 is 34.7 Å². The third kappa shape index (κ3) is 5.35. The number of nitrogen functional groups attached to an aromatic ring is 1. The highest BCUT2D eigenvalue weighted by atomic mass is 35.5. The summed E-state index contributed by atoms with van der Waals surface area (Å²) in [5, 5.41) is 6.03. The monoisotopic (exact) mass is 583 g/mol. The first kappa shape index (κ1) is 26.7. The van der Waals surface area contributed by atoms with Crippen LogP contribution in [0.1, 0.15) is 22.9 Å². The predicted molar refractivity (Wildman–Crippen MR) is 149 cm³/mol. The van der Waals surface area contributed by atoms with E-state index in [1.165, 1.54) is 23.8 Å². The second-order valence-electron chi connectivity index (χ2n) is 8.38. The maximum Gasteiger partial charge on any atom is 0.355 e. The number of esters is 1. The van der Waals surface area contributed by atoms with Crippen LogP contribution in [0.4, 0.5) is 5.13 Å². The van der Waals surface area contributed by atoms with Crippen LogP contribution < -0.4 is 11.1 Å². The van der Waals surface area contributed by atoms with Crippen molar-refractivity contribution < 1.29 is 24.0 Å². The molecule has 1 fully saturated rings. The molecule has 3 aromatic rings. The molecule has 0 aliphatic carbocycles. The fourth-order valence-electron chi connectivity index (χ4n) is 4.24. The number of rotatable bonds is 8. The van der Waals surface area contributed by atoms with Crippen molar-refractivity contribution in [2.45, 2.75) is 17.5 Å². The number of aromatic nitrogens is 1. The highest BCUT2D eigenvalue weighted by molar-refractivity contribution is 8.00. The van der Waals surface area contributed by atoms with E-state index in [4.69, 9.17) is 26.9 Å². The predicted octanol–water partition coefficient (Wildman–Crippen LogP) is 3.35. The first-order chi connectivity index (χ1) is 18.9. The van der Waals surface area contributed by atoms with Gasteiger partial charge in [-0.25, -0.2) is 9.78 Å². The molecule has 3 N–H and O–H groups in total. The van der Waals surface area contributed by atoms with E-state index in [1.807, 2.05) is 60.7 Å². The number of carbonyl (C=O) groups excluding carboxylic acids is 3. The van der Waals surface area contributed by atoms with E-state index in [1.54, 1.807) is 6.08 Å². The summed E-state index contributed by atoms with van der Waals surface area (Å²) in [7, 11) is 1.27. The molecular weight excluding hydrogens is 562 g/mol. The van der Waals surface area contributed by atoms with Crippen molar-refractivity contribution in [3.05, 3.63) is 93.6 Å². The van der Waals surface area contributed by atoms with Gasteiger partial charge in [-0.2, -0.15) is 0 Å². The van der Waals surface area contributed by atoms with Gasteiger partial charge in [0.05, 0.1) is 0 Å². The Morgan fingerprint density at radius 1 is 1.15 bits per heavy atom. The van der Waals surface area contributed by atoms with Gasteiger partial charge in [0.25, 0.3) is 11.8 Å². The Bertz CT molecular complexity index is 1420. The molecule has 0 radical (unpaired) electrons. The summed E-state index contributed by atoms with van der Waals surface area (Å²) in [4.78, 5) is 49.8. The van der Waals surface area contributed by atoms with Crippen molar-refractivity contribution >= 4 is 63.3 Å². The van der Waals surface area contributed by atoms with Crippen molar-refractivity contribution in [1.29, 1.82) is 0 Å². The van der Waals surface area contributed by atoms with Gasteiger partial charge in [0.15, 0.2) is 16.9 Å². The second kappa shape index (κ2) is 11.5. The summed E-state index contributed by atoms with van der Waals surface area (Å²) in [6, 6.07) is 17.8. The zero-order valence-electron chi connectivity index (χ0n) is 20.4. The van der Waals surface area contributed by atoms with Gasteiger partial charge in [0.1, 0.15) is 34.3 Å². The summed E-state index contributed by atoms with van der Waals surface area (Å²) in [5.74, 6) is -1.36. The minimum absolute atomic E-state index is 0.0514. The van der Waals surface area contributed by atoms with Gasteiger partial charge in [-0.1, -0.05) is 88.8 Å². The number of nitrogens with two attached hydrogens (primary N) is 1. The van der Waals surface area contributed by atoms with Crippen molar-refractivity contribution in [3.8, 4) is 0 Å². The number of anilines is 1. The Kier molecular flexibility index (Phi) is 7.87. The van der Waals surface area contributed by atoms with E-state index >= 15 is 0 Å². The minimum atomic E-state index is -0.908. The standard InChI is InChI=1S/C26H22ClN5O5S2/c1-36-31-18(17-21(27)39-26(28)30-17)22(33)29-19-23(34)32-16(12-13-38-24(19)32)25(35)37-20(14-8-4-2-5-9-14)15-10-6-3-7-11-15/h2-12,19-20,24H,13H2,1H3,(H2,28,30)(H,29,33)/t19-,24-/m1/s1. The fraction of sp³-hybridized carbons (Fsp3) is 0.192. The van der Waals surface area contributed by atoms with Gasteiger partial charge >= 0.3 is 5.97 Å². The zero-order valence-corrected chi connectivity index (χ0v) is 22.8. The van der Waals surface area contributed by atoms with E-state index < -0.39 is 35.3 Å². The Labute approximate surface area is 236 Å². The van der Waals surface area contributed by atoms with E-state index in [-0.39, 0.29) is 26.6 Å². The maximum absolute atomic E-state index is 13.4. The van der Waals surface area contributed by atoms with Crippen LogP contribution in [0.3, 0.4) is 0 Å². The molecule has 13 heteroatoms. The van der Waals surface area contributed by atoms with E-state index in [0.29, 0.717) is 5.75 Å². The summed E-state index contributed by atoms with van der Waals surface area (Å²) in [6.45, 7) is 0. The van der Waals surface area contributed by atoms with Gasteiger partial charge in [-0.15, -0.1) is 11.8 Å². The molecule has 0 unspecified atom stereocenters. The van der Waals surface area contributed by atoms with E-state index in [0.717, 1.165) is 22.5 Å². The summed E-state index contributed by atoms with van der Waals surface area (Å²) in [5.41, 5.74) is 7.26. The van der Waals surface area contributed by atoms with Gasteiger partial charge in [-0.3, -0.25) is 14.5 Å². The number of nitrogens with zero attached hydrogens (tertiary/aromatic N) is 3. The normalized spacial score (nSPS) is 18.6. The molecule has 2 aliphatic rings. The van der Waals surface area contributed by atoms with Crippen molar-refractivity contribution in [3.63, 3.8) is 0 Å². The Morgan fingerprint density at radius 3 is 2.36 bits per heavy atom. The Balaban J connectivity index is 1.32. The lowest BCUT2D eigenvalue weighted by Gasteiger charge is -2.48. The highest BCUT2D eigenvalue weighted by Crippen LogP contribution is 2.39. The number of thioether (sulfide) groups is 1. The number of nitrogens with one attached hydrogen (secondary N) is 1. The number of hydrogen-bond donors (Lipinski definition) is 2. The summed E-state index contributed by atoms with van der Waals surface area (Å²) < 4.78 is 6.11. The van der Waals surface area contributed by atoms with Crippen LogP contribution in [-0.4, -0.2) is 57.7 Å². The molecule has 0 saturated carbocycles. The lowest BCUT2D eigenvalue weighted by Crippen LogP contribution is -2.70. The SMILES string of the molecule is CON=C(C(=O)N[C@@H]1C(=O)N2C(C(=O)OC(c3ccccc3)c3ccccc3)=CCS[C@H]12)c1nc(N)sc1Cl. The molecule has 2 aromatic carbocycles. The zero-order chi connectivity index (χ0) is 27.5. The summed E-state index contributed by atoms with van der Waals surface area (Å²) in [6.07, 6.45) is 0.992. The maximum atomic E-state index is 13.4. The van der Waals surface area contributed by atoms with Crippen LogP contribution in [0, 0.1) is 0 Å². The molecule has 10 nitrogen and oxygen atoms in total. The molecule has 5 rings (SSSR count). The molecule has 0 spiro atoms. The topological polar surface area (TPSA) is 136 Å². The van der Waals surface area contributed by atoms with Gasteiger partial charge in [0.2, 0.25) is 0 Å². The van der Waals surface area contributed by atoms with Crippen LogP contribution in [0.15, 0.2) is 77.6 Å². The number of carbonyl (C=O) groups is 3. The first-order valence-electron chi connectivity index (χ1n) is 11.7. The first-order valence-corrected chi connectivity index (χ1v) is 13.9. The molecule has 2 aliphatic heterocycles. The molecule has 1 saturated heterocycles. The average Bonchev–Trinajstić information content (AvgIpc) is 3.30. The smallest absolute Gasteiger partial charge is 0.355 e. The molecule has 1 aromatic heterocycles. The number of fused-ring (bicyclic) bond motifs is 1. The number of halogens is 1. The molecular formula is C26H22ClN5O5S2. The quantitative estimate of drug-likeness (QED) is 0.178. The lowest BCUT2D eigenvalue weighted by atomic mass is 10.0. The van der Waals surface area contributed by atoms with Gasteiger partial charge in [-0.05, 0) is 17.2 Å². The average molecular weight is 584 g/mol. The number of amides is 2. The second-order valence-corrected chi connectivity index (χ2v) is 11.2. The number of thiazole rings is 1. The van der Waals surface area contributed by atoms with Crippen LogP contribution in [-0.2, 0) is 24.0 Å². The molecule has 2 amide bonds. The Hall–Kier alpha value is -3.87. The van der Waals surface area contributed by atoms with Gasteiger partial charge in [0, 0.05) is 5.75 Å². The van der Waals surface area contributed by atoms with E-state index in [9.17, 15) is 14.4 Å². The number of benzene rings is 2. The number of oxime groups is 1. The fourth-order valence-corrected chi connectivity index (χ4v) is 6.36. The van der Waals surface area contributed by atoms with Gasteiger partial charge < -0.3 is 20.6 Å². The van der Waals surface area contributed by atoms with Crippen molar-refractivity contribution in [2.75, 3.05) is 18.6 Å². The van der Waals surface area contributed by atoms with Crippen molar-refractivity contribution in [2.24, 2.45) is 5.16 Å². The molecule has 39 heavy (non-hydrogen) atoms. The third-order valence-electron chi connectivity index (χ3n) is 6.00. The third-order valence-corrected chi connectivity index (χ3v) is 8.26. The molecule has 3 heterocycles. The molecule has 200 valence electrons. The van der Waals surface area contributed by atoms with Crippen LogP contribution in [0.5, 0.6) is 0 Å². The van der Waals surface area contributed by atoms with Crippen LogP contribution in [0.25, 0.3) is 0 Å². The number of hydrogen-bond acceptors (Lipinski definition) is 10. The Morgan fingerprint density at radius 2 is 1.79 bits per heavy atom. The molecule has 2 atom stereocenters. The lowest BCUT2D eigenvalue weighted by molar-refractivity contribution is -0.154. The summed E-state index contributed by atoms with van der Waals surface area (Å²) >= 11 is 8.53.